The average Bonchev–Trinajstić information content (AvgIpc) is 2.51. The molecular weight excluding hydrogens is 166 g/mol. The Morgan fingerprint density at radius 1 is 1.54 bits per heavy atom. The SMILES string of the molecule is CCCN(CCO)C1CCC(=O)C1. The maximum Gasteiger partial charge on any atom is 0.134 e. The lowest BCUT2D eigenvalue weighted by Crippen LogP contribution is -2.36. The first-order valence-electron chi connectivity index (χ1n) is 5.14. The lowest BCUT2D eigenvalue weighted by Gasteiger charge is -2.26. The second kappa shape index (κ2) is 5.35. The van der Waals surface area contributed by atoms with Gasteiger partial charge in [0.2, 0.25) is 0 Å². The number of aliphatic hydroxyl groups excluding tert-OH is 1. The fraction of sp³-hybridized carbons (Fsp3) is 0.900. The fourth-order valence-corrected chi connectivity index (χ4v) is 2.00. The molecule has 0 aliphatic heterocycles. The van der Waals surface area contributed by atoms with E-state index in [2.05, 4.69) is 11.8 Å². The van der Waals surface area contributed by atoms with Crippen LogP contribution in [0.4, 0.5) is 0 Å². The van der Waals surface area contributed by atoms with Gasteiger partial charge in [0.25, 0.3) is 0 Å². The Bertz CT molecular complexity index is 164. The smallest absolute Gasteiger partial charge is 0.134 e. The van der Waals surface area contributed by atoms with Crippen LogP contribution in [0.5, 0.6) is 0 Å². The van der Waals surface area contributed by atoms with Crippen molar-refractivity contribution in [2.75, 3.05) is 19.7 Å². The Balaban J connectivity index is 2.39. The molecule has 1 fully saturated rings. The van der Waals surface area contributed by atoms with E-state index in [1.54, 1.807) is 0 Å². The van der Waals surface area contributed by atoms with Gasteiger partial charge in [-0.1, -0.05) is 6.92 Å². The highest BCUT2D eigenvalue weighted by atomic mass is 16.3. The summed E-state index contributed by atoms with van der Waals surface area (Å²) in [7, 11) is 0. The van der Waals surface area contributed by atoms with Gasteiger partial charge >= 0.3 is 0 Å². The van der Waals surface area contributed by atoms with E-state index in [0.29, 0.717) is 24.8 Å². The van der Waals surface area contributed by atoms with Crippen LogP contribution in [0, 0.1) is 0 Å². The lowest BCUT2D eigenvalue weighted by atomic mass is 10.2. The largest absolute Gasteiger partial charge is 0.395 e. The first-order chi connectivity index (χ1) is 6.27. The van der Waals surface area contributed by atoms with Crippen LogP contribution >= 0.6 is 0 Å². The first-order valence-corrected chi connectivity index (χ1v) is 5.14. The first kappa shape index (κ1) is 10.7. The summed E-state index contributed by atoms with van der Waals surface area (Å²) in [6, 6.07) is 0.402. The number of hydrogen-bond donors (Lipinski definition) is 1. The minimum absolute atomic E-state index is 0.199. The van der Waals surface area contributed by atoms with Gasteiger partial charge in [-0.2, -0.15) is 0 Å². The molecule has 0 aromatic rings. The zero-order chi connectivity index (χ0) is 9.68. The van der Waals surface area contributed by atoms with Gasteiger partial charge in [-0.25, -0.2) is 0 Å². The predicted molar refractivity (Wildman–Crippen MR) is 51.6 cm³/mol. The number of rotatable bonds is 5. The number of Topliss-reactive ketones (excluding diaryl/α,β-unsaturated/α-hetero) is 1. The van der Waals surface area contributed by atoms with E-state index in [1.165, 1.54) is 0 Å². The third kappa shape index (κ3) is 3.08. The monoisotopic (exact) mass is 185 g/mol. The molecule has 1 rings (SSSR count). The molecule has 1 atom stereocenters. The highest BCUT2D eigenvalue weighted by Gasteiger charge is 2.26. The van der Waals surface area contributed by atoms with Crippen molar-refractivity contribution >= 4 is 5.78 Å². The predicted octanol–water partition coefficient (Wildman–Crippen LogP) is 0.812. The Morgan fingerprint density at radius 3 is 2.77 bits per heavy atom. The van der Waals surface area contributed by atoms with E-state index < -0.39 is 0 Å². The van der Waals surface area contributed by atoms with Gasteiger partial charge in [0.15, 0.2) is 0 Å². The molecule has 1 unspecified atom stereocenters. The number of aliphatic hydroxyl groups is 1. The molecule has 0 amide bonds. The minimum Gasteiger partial charge on any atom is -0.395 e. The van der Waals surface area contributed by atoms with E-state index in [-0.39, 0.29) is 6.61 Å². The standard InChI is InChI=1S/C10H19NO2/c1-2-5-11(6-7-12)9-3-4-10(13)8-9/h9,12H,2-8H2,1H3. The molecule has 3 nitrogen and oxygen atoms in total. The van der Waals surface area contributed by atoms with Crippen molar-refractivity contribution in [3.63, 3.8) is 0 Å². The van der Waals surface area contributed by atoms with Crippen LogP contribution in [0.1, 0.15) is 32.6 Å². The number of ketones is 1. The molecule has 0 spiro atoms. The molecule has 0 bridgehead atoms. The van der Waals surface area contributed by atoms with Crippen molar-refractivity contribution in [1.82, 2.24) is 4.90 Å². The molecule has 1 saturated carbocycles. The van der Waals surface area contributed by atoms with Crippen molar-refractivity contribution in [1.29, 1.82) is 0 Å². The molecule has 1 aliphatic rings. The number of carbonyl (C=O) groups is 1. The molecule has 0 aromatic heterocycles. The van der Waals surface area contributed by atoms with Crippen LogP contribution in [0.2, 0.25) is 0 Å². The molecule has 0 heterocycles. The molecule has 0 radical (unpaired) electrons. The minimum atomic E-state index is 0.199. The second-order valence-corrected chi connectivity index (χ2v) is 3.69. The summed E-state index contributed by atoms with van der Waals surface area (Å²) in [6.07, 6.45) is 3.50. The van der Waals surface area contributed by atoms with Gasteiger partial charge in [-0.15, -0.1) is 0 Å². The molecule has 0 saturated heterocycles. The van der Waals surface area contributed by atoms with Crippen LogP contribution < -0.4 is 0 Å². The van der Waals surface area contributed by atoms with Crippen LogP contribution in [0.3, 0.4) is 0 Å². The summed E-state index contributed by atoms with van der Waals surface area (Å²) in [4.78, 5) is 13.3. The summed E-state index contributed by atoms with van der Waals surface area (Å²) in [6.45, 7) is 4.04. The van der Waals surface area contributed by atoms with Gasteiger partial charge in [0, 0.05) is 25.4 Å². The molecule has 1 aliphatic carbocycles. The average molecular weight is 185 g/mol. The van der Waals surface area contributed by atoms with Crippen LogP contribution in [0.15, 0.2) is 0 Å². The lowest BCUT2D eigenvalue weighted by molar-refractivity contribution is -0.117. The van der Waals surface area contributed by atoms with E-state index in [4.69, 9.17) is 5.11 Å². The van der Waals surface area contributed by atoms with Gasteiger partial charge in [-0.05, 0) is 19.4 Å². The highest BCUT2D eigenvalue weighted by Crippen LogP contribution is 2.20. The van der Waals surface area contributed by atoms with Gasteiger partial charge in [-0.3, -0.25) is 9.69 Å². The Hall–Kier alpha value is -0.410. The van der Waals surface area contributed by atoms with Crippen LogP contribution in [-0.2, 0) is 4.79 Å². The van der Waals surface area contributed by atoms with E-state index in [9.17, 15) is 4.79 Å². The summed E-state index contributed by atoms with van der Waals surface area (Å²) in [5.74, 6) is 0.379. The normalized spacial score (nSPS) is 23.0. The summed E-state index contributed by atoms with van der Waals surface area (Å²) in [5, 5.41) is 8.86. The quantitative estimate of drug-likeness (QED) is 0.689. The summed E-state index contributed by atoms with van der Waals surface area (Å²) in [5.41, 5.74) is 0. The van der Waals surface area contributed by atoms with Crippen molar-refractivity contribution in [3.8, 4) is 0 Å². The van der Waals surface area contributed by atoms with Gasteiger partial charge in [0.05, 0.1) is 6.61 Å². The highest BCUT2D eigenvalue weighted by molar-refractivity contribution is 5.81. The van der Waals surface area contributed by atoms with Crippen molar-refractivity contribution in [2.45, 2.75) is 38.6 Å². The second-order valence-electron chi connectivity index (χ2n) is 3.69. The zero-order valence-electron chi connectivity index (χ0n) is 8.33. The Morgan fingerprint density at radius 2 is 2.31 bits per heavy atom. The summed E-state index contributed by atoms with van der Waals surface area (Å²) >= 11 is 0. The number of carbonyl (C=O) groups excluding carboxylic acids is 1. The molecule has 3 heteroatoms. The maximum absolute atomic E-state index is 11.1. The van der Waals surface area contributed by atoms with Crippen molar-refractivity contribution < 1.29 is 9.90 Å². The molecule has 13 heavy (non-hydrogen) atoms. The topological polar surface area (TPSA) is 40.5 Å². The summed E-state index contributed by atoms with van der Waals surface area (Å²) < 4.78 is 0. The molecule has 0 aromatic carbocycles. The van der Waals surface area contributed by atoms with E-state index in [1.807, 2.05) is 0 Å². The number of nitrogens with zero attached hydrogens (tertiary/aromatic N) is 1. The fourth-order valence-electron chi connectivity index (χ4n) is 2.00. The van der Waals surface area contributed by atoms with Gasteiger partial charge in [0.1, 0.15) is 5.78 Å². The Kier molecular flexibility index (Phi) is 4.39. The third-order valence-corrected chi connectivity index (χ3v) is 2.63. The van der Waals surface area contributed by atoms with Crippen molar-refractivity contribution in [3.05, 3.63) is 0 Å². The molecular formula is C10H19NO2. The molecule has 1 N–H and O–H groups in total. The van der Waals surface area contributed by atoms with E-state index >= 15 is 0 Å². The maximum atomic E-state index is 11.1. The van der Waals surface area contributed by atoms with Gasteiger partial charge < -0.3 is 5.11 Å². The zero-order valence-corrected chi connectivity index (χ0v) is 8.33. The van der Waals surface area contributed by atoms with E-state index in [0.717, 1.165) is 25.8 Å². The molecule has 76 valence electrons. The van der Waals surface area contributed by atoms with Crippen LogP contribution in [0.25, 0.3) is 0 Å². The Labute approximate surface area is 79.7 Å². The third-order valence-electron chi connectivity index (χ3n) is 2.63. The van der Waals surface area contributed by atoms with Crippen LogP contribution in [-0.4, -0.2) is 41.5 Å². The number of hydrogen-bond acceptors (Lipinski definition) is 3. The van der Waals surface area contributed by atoms with Crippen molar-refractivity contribution in [2.24, 2.45) is 0 Å².